The second-order valence-electron chi connectivity index (χ2n) is 6.94. The number of fused-ring (bicyclic) bond motifs is 1. The molecule has 2 aromatic heterocycles. The van der Waals surface area contributed by atoms with Crippen LogP contribution >= 0.6 is 11.3 Å². The van der Waals surface area contributed by atoms with Gasteiger partial charge in [0, 0.05) is 23.6 Å². The fourth-order valence-corrected chi connectivity index (χ4v) is 6.13. The largest absolute Gasteiger partial charge is 0.310 e. The molecule has 1 N–H and O–H groups in total. The Bertz CT molecular complexity index is 1100. The van der Waals surface area contributed by atoms with Crippen LogP contribution in [0, 0.1) is 5.82 Å². The highest BCUT2D eigenvalue weighted by atomic mass is 32.2. The summed E-state index contributed by atoms with van der Waals surface area (Å²) >= 11 is 1.41. The molecular weight excluding hydrogens is 401 g/mol. The monoisotopic (exact) mass is 421 g/mol. The maximum absolute atomic E-state index is 13.2. The third kappa shape index (κ3) is 3.81. The number of carbonyl (C=O) groups excluding carboxylic acids is 1. The van der Waals surface area contributed by atoms with Gasteiger partial charge >= 0.3 is 0 Å². The molecule has 1 amide bonds. The van der Waals surface area contributed by atoms with Gasteiger partial charge in [-0.15, -0.1) is 11.3 Å². The number of aromatic nitrogens is 2. The number of carbonyl (C=O) groups is 1. The first kappa shape index (κ1) is 19.1. The van der Waals surface area contributed by atoms with E-state index in [1.165, 1.54) is 23.5 Å². The molecule has 2 heterocycles. The smallest absolute Gasteiger partial charge is 0.226 e. The SMILES string of the molecule is O=C(CCS(=O)(=O)C1CCCC1)Nc1c(-c2ccc(F)cc2)nc2sccn12. The van der Waals surface area contributed by atoms with E-state index in [0.717, 1.165) is 12.8 Å². The highest BCUT2D eigenvalue weighted by molar-refractivity contribution is 7.92. The van der Waals surface area contributed by atoms with E-state index in [4.69, 9.17) is 0 Å². The first-order valence-corrected chi connectivity index (χ1v) is 11.8. The molecule has 4 rings (SSSR count). The van der Waals surface area contributed by atoms with Gasteiger partial charge in [-0.3, -0.25) is 9.20 Å². The van der Waals surface area contributed by atoms with Gasteiger partial charge in [-0.05, 0) is 37.1 Å². The zero-order valence-corrected chi connectivity index (χ0v) is 16.7. The van der Waals surface area contributed by atoms with E-state index in [9.17, 15) is 17.6 Å². The zero-order chi connectivity index (χ0) is 19.7. The Labute approximate surface area is 166 Å². The number of nitrogens with one attached hydrogen (secondary N) is 1. The molecule has 0 aliphatic heterocycles. The van der Waals surface area contributed by atoms with E-state index < -0.39 is 9.84 Å². The van der Waals surface area contributed by atoms with Crippen LogP contribution in [0.15, 0.2) is 35.8 Å². The molecule has 0 saturated heterocycles. The lowest BCUT2D eigenvalue weighted by Crippen LogP contribution is -2.24. The molecule has 1 saturated carbocycles. The number of hydrogen-bond donors (Lipinski definition) is 1. The number of sulfone groups is 1. The molecule has 3 aromatic rings. The van der Waals surface area contributed by atoms with Crippen molar-refractivity contribution < 1.29 is 17.6 Å². The van der Waals surface area contributed by atoms with Crippen LogP contribution in [0.4, 0.5) is 10.2 Å². The molecule has 1 fully saturated rings. The predicted octanol–water partition coefficient (Wildman–Crippen LogP) is 3.89. The molecule has 1 aromatic carbocycles. The number of benzene rings is 1. The maximum atomic E-state index is 13.2. The van der Waals surface area contributed by atoms with E-state index in [-0.39, 0.29) is 29.1 Å². The van der Waals surface area contributed by atoms with Crippen molar-refractivity contribution in [2.75, 3.05) is 11.1 Å². The molecule has 1 aliphatic carbocycles. The molecule has 6 nitrogen and oxygen atoms in total. The van der Waals surface area contributed by atoms with Crippen molar-refractivity contribution >= 4 is 37.9 Å². The Morgan fingerprint density at radius 3 is 2.68 bits per heavy atom. The van der Waals surface area contributed by atoms with Crippen LogP contribution in [0.5, 0.6) is 0 Å². The summed E-state index contributed by atoms with van der Waals surface area (Å²) in [6.45, 7) is 0. The van der Waals surface area contributed by atoms with E-state index in [1.807, 2.05) is 5.38 Å². The Kier molecular flexibility index (Phi) is 5.20. The minimum atomic E-state index is -3.26. The van der Waals surface area contributed by atoms with Gasteiger partial charge in [-0.1, -0.05) is 12.8 Å². The zero-order valence-electron chi connectivity index (χ0n) is 15.1. The molecule has 0 bridgehead atoms. The van der Waals surface area contributed by atoms with Gasteiger partial charge in [0.15, 0.2) is 14.8 Å². The van der Waals surface area contributed by atoms with E-state index in [2.05, 4.69) is 10.3 Å². The number of halogens is 1. The summed E-state index contributed by atoms with van der Waals surface area (Å²) in [4.78, 5) is 17.7. The summed E-state index contributed by atoms with van der Waals surface area (Å²) in [6, 6.07) is 5.87. The lowest BCUT2D eigenvalue weighted by Gasteiger charge is -2.11. The van der Waals surface area contributed by atoms with Crippen LogP contribution < -0.4 is 5.32 Å². The van der Waals surface area contributed by atoms with Crippen molar-refractivity contribution in [3.8, 4) is 11.3 Å². The first-order chi connectivity index (χ1) is 13.4. The minimum Gasteiger partial charge on any atom is -0.310 e. The van der Waals surface area contributed by atoms with E-state index in [0.29, 0.717) is 34.9 Å². The van der Waals surface area contributed by atoms with Crippen molar-refractivity contribution in [1.82, 2.24) is 9.38 Å². The van der Waals surface area contributed by atoms with E-state index >= 15 is 0 Å². The molecule has 1 aliphatic rings. The van der Waals surface area contributed by atoms with Gasteiger partial charge in [0.1, 0.15) is 17.3 Å². The quantitative estimate of drug-likeness (QED) is 0.655. The van der Waals surface area contributed by atoms with Gasteiger partial charge in [-0.25, -0.2) is 17.8 Å². The Balaban J connectivity index is 1.53. The van der Waals surface area contributed by atoms with Crippen LogP contribution in [0.3, 0.4) is 0 Å². The number of rotatable bonds is 6. The molecule has 148 valence electrons. The second-order valence-corrected chi connectivity index (χ2v) is 10.2. The van der Waals surface area contributed by atoms with Crippen molar-refractivity contribution in [2.45, 2.75) is 37.4 Å². The molecule has 9 heteroatoms. The number of imidazole rings is 1. The first-order valence-electron chi connectivity index (χ1n) is 9.17. The van der Waals surface area contributed by atoms with Crippen LogP contribution in [0.1, 0.15) is 32.1 Å². The summed E-state index contributed by atoms with van der Waals surface area (Å²) in [7, 11) is -3.26. The van der Waals surface area contributed by atoms with Crippen LogP contribution in [0.25, 0.3) is 16.2 Å². The van der Waals surface area contributed by atoms with Gasteiger partial charge < -0.3 is 5.32 Å². The number of nitrogens with zero attached hydrogens (tertiary/aromatic N) is 2. The summed E-state index contributed by atoms with van der Waals surface area (Å²) in [5.74, 6) is -0.419. The third-order valence-electron chi connectivity index (χ3n) is 5.06. The molecule has 28 heavy (non-hydrogen) atoms. The van der Waals surface area contributed by atoms with Crippen LogP contribution in [0.2, 0.25) is 0 Å². The predicted molar refractivity (Wildman–Crippen MR) is 108 cm³/mol. The van der Waals surface area contributed by atoms with Crippen molar-refractivity contribution in [3.63, 3.8) is 0 Å². The van der Waals surface area contributed by atoms with E-state index in [1.54, 1.807) is 22.7 Å². The van der Waals surface area contributed by atoms with Crippen molar-refractivity contribution in [1.29, 1.82) is 0 Å². The topological polar surface area (TPSA) is 80.5 Å². The summed E-state index contributed by atoms with van der Waals surface area (Å²) in [5.41, 5.74) is 1.20. The fraction of sp³-hybridized carbons (Fsp3) is 0.368. The molecule has 0 unspecified atom stereocenters. The van der Waals surface area contributed by atoms with Crippen LogP contribution in [-0.4, -0.2) is 34.7 Å². The summed E-state index contributed by atoms with van der Waals surface area (Å²) < 4.78 is 39.8. The lowest BCUT2D eigenvalue weighted by atomic mass is 10.1. The molecule has 0 atom stereocenters. The third-order valence-corrected chi connectivity index (χ3v) is 8.08. The molecule has 0 radical (unpaired) electrons. The lowest BCUT2D eigenvalue weighted by molar-refractivity contribution is -0.115. The Morgan fingerprint density at radius 1 is 1.25 bits per heavy atom. The number of thiazole rings is 1. The normalized spacial score (nSPS) is 15.3. The van der Waals surface area contributed by atoms with Gasteiger partial charge in [-0.2, -0.15) is 0 Å². The average molecular weight is 422 g/mol. The minimum absolute atomic E-state index is 0.0982. The highest BCUT2D eigenvalue weighted by Gasteiger charge is 2.29. The summed E-state index contributed by atoms with van der Waals surface area (Å²) in [5, 5.41) is 4.34. The fourth-order valence-electron chi connectivity index (χ4n) is 3.56. The number of amides is 1. The van der Waals surface area contributed by atoms with Gasteiger partial charge in [0.25, 0.3) is 0 Å². The highest BCUT2D eigenvalue weighted by Crippen LogP contribution is 2.31. The van der Waals surface area contributed by atoms with Crippen molar-refractivity contribution in [3.05, 3.63) is 41.7 Å². The Morgan fingerprint density at radius 2 is 1.96 bits per heavy atom. The van der Waals surface area contributed by atoms with Gasteiger partial charge in [0.05, 0.1) is 11.0 Å². The number of hydrogen-bond acceptors (Lipinski definition) is 5. The van der Waals surface area contributed by atoms with Crippen LogP contribution in [-0.2, 0) is 14.6 Å². The Hall–Kier alpha value is -2.26. The summed E-state index contributed by atoms with van der Waals surface area (Å²) in [6.07, 6.45) is 4.93. The standard InChI is InChI=1S/C19H20FN3O3S2/c20-14-7-5-13(6-8-14)17-18(23-10-11-27-19(23)22-17)21-16(24)9-12-28(25,26)15-3-1-2-4-15/h5-8,10-11,15H,1-4,9,12H2,(H,21,24). The molecule has 0 spiro atoms. The second kappa shape index (κ2) is 7.63. The average Bonchev–Trinajstić information content (AvgIpc) is 3.40. The van der Waals surface area contributed by atoms with Crippen molar-refractivity contribution in [2.24, 2.45) is 0 Å². The van der Waals surface area contributed by atoms with Gasteiger partial charge in [0.2, 0.25) is 5.91 Å². The maximum Gasteiger partial charge on any atom is 0.226 e. The molecular formula is C19H20FN3O3S2. The number of anilines is 1.